The number of carbonyl (C=O) groups excluding carboxylic acids is 1. The number of hydrogen-bond acceptors (Lipinski definition) is 7. The maximum absolute atomic E-state index is 12.2. The fourth-order valence-corrected chi connectivity index (χ4v) is 4.02. The Hall–Kier alpha value is -2.44. The average Bonchev–Trinajstić information content (AvgIpc) is 2.99. The quantitative estimate of drug-likeness (QED) is 0.700. The van der Waals surface area contributed by atoms with E-state index in [0.29, 0.717) is 28.0 Å². The minimum atomic E-state index is -3.66. The van der Waals surface area contributed by atoms with E-state index in [1.165, 1.54) is 11.3 Å². The summed E-state index contributed by atoms with van der Waals surface area (Å²) in [6, 6.07) is 9.27. The molecule has 0 saturated carbocycles. The molecule has 0 aliphatic carbocycles. The lowest BCUT2D eigenvalue weighted by molar-refractivity contribution is 0.0977. The largest absolute Gasteiger partial charge is 0.318 e. The van der Waals surface area contributed by atoms with E-state index in [1.807, 2.05) is 21.8 Å². The van der Waals surface area contributed by atoms with Gasteiger partial charge in [-0.05, 0) is 49.9 Å². The van der Waals surface area contributed by atoms with Crippen molar-refractivity contribution in [3.05, 3.63) is 40.4 Å². The van der Waals surface area contributed by atoms with Gasteiger partial charge in [-0.25, -0.2) is 18.1 Å². The first-order valence-corrected chi connectivity index (χ1v) is 11.6. The van der Waals surface area contributed by atoms with Crippen molar-refractivity contribution in [2.24, 2.45) is 5.92 Å². The van der Waals surface area contributed by atoms with Gasteiger partial charge in [-0.1, -0.05) is 13.8 Å². The van der Waals surface area contributed by atoms with Crippen molar-refractivity contribution in [1.29, 1.82) is 5.26 Å². The first-order valence-electron chi connectivity index (χ1n) is 8.88. The van der Waals surface area contributed by atoms with Crippen LogP contribution >= 0.6 is 11.3 Å². The Bertz CT molecular complexity index is 974. The second kappa shape index (κ2) is 9.17. The zero-order valence-corrected chi connectivity index (χ0v) is 18.0. The second-order valence-corrected chi connectivity index (χ2v) is 9.88. The van der Waals surface area contributed by atoms with Gasteiger partial charge in [0.25, 0.3) is 5.91 Å². The van der Waals surface area contributed by atoms with Crippen molar-refractivity contribution in [1.82, 2.24) is 9.71 Å². The molecule has 0 unspecified atom stereocenters. The third-order valence-corrected chi connectivity index (χ3v) is 5.53. The van der Waals surface area contributed by atoms with Crippen molar-refractivity contribution in [3.8, 4) is 6.07 Å². The summed E-state index contributed by atoms with van der Waals surface area (Å²) < 4.78 is 24.7. The fourth-order valence-electron chi connectivity index (χ4n) is 2.63. The summed E-state index contributed by atoms with van der Waals surface area (Å²) in [7, 11) is -3.66. The summed E-state index contributed by atoms with van der Waals surface area (Å²) in [5.41, 5.74) is 1.54. The Balaban J connectivity index is 2.35. The van der Waals surface area contributed by atoms with E-state index in [4.69, 9.17) is 5.26 Å². The lowest BCUT2D eigenvalue weighted by Gasteiger charge is -2.22. The number of aryl methyl sites for hydroxylation is 1. The molecule has 28 heavy (non-hydrogen) atoms. The SMILES string of the molecule is Cc1sc(N(CCCC(C)C)c2ccc(C#N)cc2)nc1C(=O)NS(C)(=O)=O. The number of hydrogen-bond donors (Lipinski definition) is 1. The molecule has 1 N–H and O–H groups in total. The Kier molecular flexibility index (Phi) is 7.16. The van der Waals surface area contributed by atoms with E-state index in [-0.39, 0.29) is 5.69 Å². The second-order valence-electron chi connectivity index (χ2n) is 6.95. The van der Waals surface area contributed by atoms with E-state index >= 15 is 0 Å². The molecule has 0 fully saturated rings. The van der Waals surface area contributed by atoms with Gasteiger partial charge < -0.3 is 4.90 Å². The Morgan fingerprint density at radius 3 is 2.50 bits per heavy atom. The number of rotatable bonds is 8. The van der Waals surface area contributed by atoms with Gasteiger partial charge in [-0.3, -0.25) is 4.79 Å². The summed E-state index contributed by atoms with van der Waals surface area (Å²) in [4.78, 5) is 19.3. The van der Waals surface area contributed by atoms with Gasteiger partial charge in [0, 0.05) is 17.1 Å². The summed E-state index contributed by atoms with van der Waals surface area (Å²) in [5.74, 6) is -0.165. The van der Waals surface area contributed by atoms with Crippen LogP contribution in [0.4, 0.5) is 10.8 Å². The number of nitrogens with zero attached hydrogens (tertiary/aromatic N) is 3. The van der Waals surface area contributed by atoms with Crippen molar-refractivity contribution < 1.29 is 13.2 Å². The first-order chi connectivity index (χ1) is 13.1. The van der Waals surface area contributed by atoms with Crippen LogP contribution < -0.4 is 9.62 Å². The molecule has 1 heterocycles. The number of thiazole rings is 1. The van der Waals surface area contributed by atoms with Crippen LogP contribution in [0.15, 0.2) is 24.3 Å². The molecule has 0 bridgehead atoms. The molecule has 0 radical (unpaired) electrons. The molecule has 1 amide bonds. The number of aromatic nitrogens is 1. The van der Waals surface area contributed by atoms with Gasteiger partial charge in [0.15, 0.2) is 5.13 Å². The predicted molar refractivity (Wildman–Crippen MR) is 111 cm³/mol. The zero-order valence-electron chi connectivity index (χ0n) is 16.4. The van der Waals surface area contributed by atoms with Gasteiger partial charge >= 0.3 is 0 Å². The number of carbonyl (C=O) groups is 1. The number of amides is 1. The number of nitriles is 1. The number of benzene rings is 1. The summed E-state index contributed by atoms with van der Waals surface area (Å²) in [6.45, 7) is 6.76. The molecule has 1 aromatic heterocycles. The van der Waals surface area contributed by atoms with Crippen LogP contribution in [-0.4, -0.2) is 32.1 Å². The minimum absolute atomic E-state index is 0.105. The number of nitrogens with one attached hydrogen (secondary N) is 1. The highest BCUT2D eigenvalue weighted by molar-refractivity contribution is 7.89. The van der Waals surface area contributed by atoms with Crippen molar-refractivity contribution in [3.63, 3.8) is 0 Å². The van der Waals surface area contributed by atoms with Crippen molar-refractivity contribution in [2.45, 2.75) is 33.6 Å². The molecule has 2 rings (SSSR count). The number of sulfonamides is 1. The molecule has 0 saturated heterocycles. The van der Waals surface area contributed by atoms with Gasteiger partial charge in [0.2, 0.25) is 10.0 Å². The monoisotopic (exact) mass is 420 g/mol. The zero-order chi connectivity index (χ0) is 20.9. The van der Waals surface area contributed by atoms with E-state index in [0.717, 1.165) is 24.8 Å². The standard InChI is InChI=1S/C19H24N4O3S2/c1-13(2)6-5-11-23(16-9-7-15(12-20)8-10-16)19-21-17(14(3)27-19)18(24)22-28(4,25)26/h7-10,13H,5-6,11H2,1-4H3,(H,22,24). The third-order valence-electron chi connectivity index (χ3n) is 3.98. The molecule has 2 aromatic rings. The topological polar surface area (TPSA) is 103 Å². The minimum Gasteiger partial charge on any atom is -0.318 e. The normalized spacial score (nSPS) is 11.3. The van der Waals surface area contributed by atoms with Crippen molar-refractivity contribution >= 4 is 38.1 Å². The van der Waals surface area contributed by atoms with Gasteiger partial charge in [0.1, 0.15) is 5.69 Å². The van der Waals surface area contributed by atoms with Crippen LogP contribution in [0.3, 0.4) is 0 Å². The van der Waals surface area contributed by atoms with Gasteiger partial charge in [-0.15, -0.1) is 11.3 Å². The smallest absolute Gasteiger partial charge is 0.284 e. The summed E-state index contributed by atoms with van der Waals surface area (Å²) in [5, 5.41) is 9.63. The van der Waals surface area contributed by atoms with Gasteiger partial charge in [-0.2, -0.15) is 5.26 Å². The maximum Gasteiger partial charge on any atom is 0.284 e. The first kappa shape index (κ1) is 21.9. The highest BCUT2D eigenvalue weighted by Crippen LogP contribution is 2.32. The fraction of sp³-hybridized carbons (Fsp3) is 0.421. The van der Waals surface area contributed by atoms with E-state index in [2.05, 4.69) is 24.9 Å². The lowest BCUT2D eigenvalue weighted by Crippen LogP contribution is -2.30. The van der Waals surface area contributed by atoms with E-state index < -0.39 is 15.9 Å². The lowest BCUT2D eigenvalue weighted by atomic mass is 10.1. The van der Waals surface area contributed by atoms with Crippen LogP contribution in [0.1, 0.15) is 47.6 Å². The average molecular weight is 421 g/mol. The van der Waals surface area contributed by atoms with E-state index in [1.54, 1.807) is 19.1 Å². The van der Waals surface area contributed by atoms with Gasteiger partial charge in [0.05, 0.1) is 17.9 Å². The Morgan fingerprint density at radius 2 is 1.96 bits per heavy atom. The maximum atomic E-state index is 12.2. The van der Waals surface area contributed by atoms with Crippen LogP contribution in [0.25, 0.3) is 0 Å². The van der Waals surface area contributed by atoms with Crippen LogP contribution in [0.5, 0.6) is 0 Å². The molecular weight excluding hydrogens is 396 g/mol. The molecule has 0 aliphatic heterocycles. The molecule has 7 nitrogen and oxygen atoms in total. The molecule has 150 valence electrons. The summed E-state index contributed by atoms with van der Waals surface area (Å²) in [6.07, 6.45) is 2.90. The molecule has 0 spiro atoms. The molecule has 1 aromatic carbocycles. The van der Waals surface area contributed by atoms with Crippen molar-refractivity contribution in [2.75, 3.05) is 17.7 Å². The Morgan fingerprint density at radius 1 is 1.32 bits per heavy atom. The molecular formula is C19H24N4O3S2. The summed E-state index contributed by atoms with van der Waals surface area (Å²) >= 11 is 1.33. The molecule has 0 aliphatic rings. The Labute approximate surface area is 170 Å². The van der Waals surface area contributed by atoms with Crippen LogP contribution in [0.2, 0.25) is 0 Å². The predicted octanol–water partition coefficient (Wildman–Crippen LogP) is 3.59. The van der Waals surface area contributed by atoms with Crippen LogP contribution in [0, 0.1) is 24.2 Å². The van der Waals surface area contributed by atoms with Crippen LogP contribution in [-0.2, 0) is 10.0 Å². The third kappa shape index (κ3) is 6.04. The number of anilines is 2. The van der Waals surface area contributed by atoms with E-state index in [9.17, 15) is 13.2 Å². The molecule has 0 atom stereocenters. The highest BCUT2D eigenvalue weighted by atomic mass is 32.2. The highest BCUT2D eigenvalue weighted by Gasteiger charge is 2.22. The molecule has 9 heteroatoms.